The third-order valence-corrected chi connectivity index (χ3v) is 10.8. The summed E-state index contributed by atoms with van der Waals surface area (Å²) in [5.74, 6) is 1.67. The molecule has 1 unspecified atom stereocenters. The number of carbonyl (C=O) groups is 2. The van der Waals surface area contributed by atoms with Gasteiger partial charge in [-0.15, -0.1) is 0 Å². The summed E-state index contributed by atoms with van der Waals surface area (Å²) in [6, 6.07) is 18.6. The largest absolute Gasteiger partial charge is 0.348 e. The van der Waals surface area contributed by atoms with Gasteiger partial charge in [-0.3, -0.25) is 9.59 Å². The van der Waals surface area contributed by atoms with Gasteiger partial charge in [0.1, 0.15) is 5.57 Å². The number of amides is 2. The van der Waals surface area contributed by atoms with Gasteiger partial charge in [0.25, 0.3) is 11.8 Å². The van der Waals surface area contributed by atoms with Gasteiger partial charge in [0.05, 0.1) is 0 Å². The van der Waals surface area contributed by atoms with E-state index in [1.165, 1.54) is 38.5 Å². The maximum Gasteiger partial charge on any atom is 0.259 e. The zero-order chi connectivity index (χ0) is 25.8. The maximum absolute atomic E-state index is 13.6. The molecule has 0 radical (unpaired) electrons. The van der Waals surface area contributed by atoms with Crippen LogP contribution in [0, 0.1) is 28.6 Å². The normalized spacial score (nSPS) is 34.7. The van der Waals surface area contributed by atoms with Crippen LogP contribution in [0.3, 0.4) is 0 Å². The summed E-state index contributed by atoms with van der Waals surface area (Å²) in [5, 5.41) is 3.10. The number of rotatable bonds is 4. The molecule has 0 aromatic heterocycles. The topological polar surface area (TPSA) is 49.4 Å². The van der Waals surface area contributed by atoms with E-state index in [9.17, 15) is 9.59 Å². The lowest BCUT2D eigenvalue weighted by Gasteiger charge is -2.60. The number of benzene rings is 2. The van der Waals surface area contributed by atoms with Crippen LogP contribution in [-0.2, 0) is 16.1 Å². The number of hydrogen-bond acceptors (Lipinski definition) is 2. The summed E-state index contributed by atoms with van der Waals surface area (Å²) in [7, 11) is 1.92. The summed E-state index contributed by atoms with van der Waals surface area (Å²) in [4.78, 5) is 28.9. The predicted octanol–water partition coefficient (Wildman–Crippen LogP) is 6.37. The van der Waals surface area contributed by atoms with Crippen LogP contribution in [0.5, 0.6) is 0 Å². The fourth-order valence-electron chi connectivity index (χ4n) is 8.89. The molecule has 3 saturated carbocycles. The van der Waals surface area contributed by atoms with Gasteiger partial charge < -0.3 is 10.2 Å². The van der Waals surface area contributed by atoms with E-state index < -0.39 is 0 Å². The number of nitrogens with zero attached hydrogens (tertiary/aromatic N) is 1. The van der Waals surface area contributed by atoms with E-state index in [2.05, 4.69) is 49.5 Å². The molecule has 6 rings (SSSR count). The highest BCUT2D eigenvalue weighted by atomic mass is 16.2. The van der Waals surface area contributed by atoms with E-state index in [1.807, 2.05) is 42.3 Å². The van der Waals surface area contributed by atoms with Crippen molar-refractivity contribution in [2.45, 2.75) is 71.4 Å². The molecule has 4 heteroatoms. The smallest absolute Gasteiger partial charge is 0.259 e. The molecule has 3 aliphatic carbocycles. The molecule has 3 fully saturated rings. The first-order chi connectivity index (χ1) is 17.8. The van der Waals surface area contributed by atoms with Crippen molar-refractivity contribution in [3.63, 3.8) is 0 Å². The summed E-state index contributed by atoms with van der Waals surface area (Å²) in [5.41, 5.74) is 3.96. The van der Waals surface area contributed by atoms with Gasteiger partial charge in [-0.05, 0) is 78.4 Å². The molecule has 0 spiro atoms. The van der Waals surface area contributed by atoms with E-state index in [0.717, 1.165) is 29.0 Å². The summed E-state index contributed by atoms with van der Waals surface area (Å²) < 4.78 is 0. The van der Waals surface area contributed by atoms with E-state index in [0.29, 0.717) is 29.4 Å². The second kappa shape index (κ2) is 9.15. The van der Waals surface area contributed by atoms with Crippen LogP contribution in [0.25, 0.3) is 11.1 Å². The van der Waals surface area contributed by atoms with E-state index in [4.69, 9.17) is 0 Å². The van der Waals surface area contributed by atoms with Crippen molar-refractivity contribution in [2.75, 3.05) is 7.05 Å². The van der Waals surface area contributed by atoms with Gasteiger partial charge in [-0.1, -0.05) is 80.9 Å². The SMILES string of the molecule is CN1C(=O)C(C(=O)NCc2ccccc2-c2ccccc2)=C[C@@]2(C)C1CC[C@@H]1[C@H]2CC[C@]2(C)CCC[C@@H]12. The molecule has 1 aliphatic heterocycles. The van der Waals surface area contributed by atoms with Crippen molar-refractivity contribution in [2.24, 2.45) is 28.6 Å². The summed E-state index contributed by atoms with van der Waals surface area (Å²) in [6.45, 7) is 5.26. The average Bonchev–Trinajstić information content (AvgIpc) is 3.32. The third-order valence-electron chi connectivity index (χ3n) is 10.8. The van der Waals surface area contributed by atoms with Crippen molar-refractivity contribution in [1.82, 2.24) is 10.2 Å². The van der Waals surface area contributed by atoms with Crippen LogP contribution in [-0.4, -0.2) is 29.8 Å². The van der Waals surface area contributed by atoms with Crippen molar-refractivity contribution >= 4 is 11.8 Å². The molecular formula is C33H40N2O2. The van der Waals surface area contributed by atoms with Crippen LogP contribution < -0.4 is 5.32 Å². The molecule has 2 aromatic carbocycles. The van der Waals surface area contributed by atoms with Crippen molar-refractivity contribution in [1.29, 1.82) is 0 Å². The molecule has 2 aromatic rings. The van der Waals surface area contributed by atoms with Crippen LogP contribution >= 0.6 is 0 Å². The Labute approximate surface area is 221 Å². The Morgan fingerprint density at radius 3 is 2.51 bits per heavy atom. The zero-order valence-electron chi connectivity index (χ0n) is 22.5. The Morgan fingerprint density at radius 2 is 1.70 bits per heavy atom. The molecule has 1 heterocycles. The van der Waals surface area contributed by atoms with E-state index in [1.54, 1.807) is 0 Å². The molecular weight excluding hydrogens is 456 g/mol. The maximum atomic E-state index is 13.6. The number of nitrogens with one attached hydrogen (secondary N) is 1. The van der Waals surface area contributed by atoms with Gasteiger partial charge in [-0.25, -0.2) is 0 Å². The summed E-state index contributed by atoms with van der Waals surface area (Å²) >= 11 is 0. The first kappa shape index (κ1) is 24.5. The molecule has 0 saturated heterocycles. The lowest BCUT2D eigenvalue weighted by atomic mass is 9.48. The molecule has 194 valence electrons. The van der Waals surface area contributed by atoms with Crippen LogP contribution in [0.1, 0.15) is 64.4 Å². The van der Waals surface area contributed by atoms with Gasteiger partial charge in [0, 0.05) is 25.0 Å². The summed E-state index contributed by atoms with van der Waals surface area (Å²) in [6.07, 6.45) is 10.9. The third kappa shape index (κ3) is 3.95. The molecule has 0 bridgehead atoms. The number of hydrogen-bond donors (Lipinski definition) is 1. The van der Waals surface area contributed by atoms with Gasteiger partial charge in [0.2, 0.25) is 0 Å². The minimum atomic E-state index is -0.247. The lowest BCUT2D eigenvalue weighted by molar-refractivity contribution is -0.141. The van der Waals surface area contributed by atoms with Crippen LogP contribution in [0.2, 0.25) is 0 Å². The number of fused-ring (bicyclic) bond motifs is 5. The monoisotopic (exact) mass is 496 g/mol. The standard InChI is InChI=1S/C33H40N2O2/c1-32-18-9-14-27(32)25-15-16-29-33(2,28(25)17-19-32)20-26(31(37)35(29)3)30(36)34-21-23-12-7-8-13-24(23)22-10-5-4-6-11-22/h4-8,10-13,20,25,27-29H,9,14-19,21H2,1-3H3,(H,34,36)/t25-,27-,28+,29?,32-,33+/m0/s1. The highest BCUT2D eigenvalue weighted by molar-refractivity contribution is 6.19. The molecule has 37 heavy (non-hydrogen) atoms. The van der Waals surface area contributed by atoms with Crippen LogP contribution in [0.4, 0.5) is 0 Å². The van der Waals surface area contributed by atoms with Gasteiger partial charge in [0.15, 0.2) is 0 Å². The Hall–Kier alpha value is -2.88. The number of carbonyl (C=O) groups excluding carboxylic acids is 2. The minimum Gasteiger partial charge on any atom is -0.348 e. The highest BCUT2D eigenvalue weighted by Crippen LogP contribution is 2.64. The Balaban J connectivity index is 1.26. The fourth-order valence-corrected chi connectivity index (χ4v) is 8.89. The second-order valence-electron chi connectivity index (χ2n) is 12.6. The second-order valence-corrected chi connectivity index (χ2v) is 12.6. The van der Waals surface area contributed by atoms with Crippen molar-refractivity contribution in [3.8, 4) is 11.1 Å². The van der Waals surface area contributed by atoms with Crippen molar-refractivity contribution < 1.29 is 9.59 Å². The fraction of sp³-hybridized carbons (Fsp3) is 0.515. The predicted molar refractivity (Wildman–Crippen MR) is 147 cm³/mol. The first-order valence-corrected chi connectivity index (χ1v) is 14.2. The van der Waals surface area contributed by atoms with E-state index in [-0.39, 0.29) is 23.3 Å². The quantitative estimate of drug-likeness (QED) is 0.500. The molecule has 1 N–H and O–H groups in total. The Bertz CT molecular complexity index is 1240. The molecule has 4 nitrogen and oxygen atoms in total. The van der Waals surface area contributed by atoms with E-state index >= 15 is 0 Å². The average molecular weight is 497 g/mol. The molecule has 4 aliphatic rings. The van der Waals surface area contributed by atoms with Crippen LogP contribution in [0.15, 0.2) is 66.2 Å². The number of likely N-dealkylation sites (N-methyl/N-ethyl adjacent to an activating group) is 1. The molecule has 2 amide bonds. The van der Waals surface area contributed by atoms with Gasteiger partial charge in [-0.2, -0.15) is 0 Å². The molecule has 6 atom stereocenters. The van der Waals surface area contributed by atoms with Crippen molar-refractivity contribution in [3.05, 3.63) is 71.8 Å². The van der Waals surface area contributed by atoms with Gasteiger partial charge >= 0.3 is 0 Å². The lowest BCUT2D eigenvalue weighted by Crippen LogP contribution is -2.61. The Kier molecular flexibility index (Phi) is 6.05. The first-order valence-electron chi connectivity index (χ1n) is 14.2. The zero-order valence-corrected chi connectivity index (χ0v) is 22.5. The Morgan fingerprint density at radius 1 is 0.946 bits per heavy atom. The minimum absolute atomic E-state index is 0.128. The highest BCUT2D eigenvalue weighted by Gasteiger charge is 2.59.